The molecule has 0 bridgehead atoms. The molecule has 0 heterocycles. The lowest BCUT2D eigenvalue weighted by atomic mass is 10.1. The third kappa shape index (κ3) is 4.98. The summed E-state index contributed by atoms with van der Waals surface area (Å²) < 4.78 is 31.5. The fourth-order valence-corrected chi connectivity index (χ4v) is 2.48. The number of hydrogen-bond acceptors (Lipinski definition) is 5. The summed E-state index contributed by atoms with van der Waals surface area (Å²) in [5.74, 6) is -2.11. The maximum Gasteiger partial charge on any atom is 0.273 e. The Hall–Kier alpha value is -3.07. The molecule has 1 amide bonds. The first-order valence-corrected chi connectivity index (χ1v) is 8.00. The summed E-state index contributed by atoms with van der Waals surface area (Å²) in [6.45, 7) is 1.72. The first-order valence-electron chi connectivity index (χ1n) is 8.00. The van der Waals surface area contributed by atoms with E-state index >= 15 is 0 Å². The smallest absolute Gasteiger partial charge is 0.273 e. The Kier molecular flexibility index (Phi) is 6.40. The van der Waals surface area contributed by atoms with Gasteiger partial charge in [0.1, 0.15) is 5.75 Å². The van der Waals surface area contributed by atoms with E-state index in [1.54, 1.807) is 18.9 Å². The Balaban J connectivity index is 2.06. The number of methoxy groups -OCH3 is 1. The van der Waals surface area contributed by atoms with Gasteiger partial charge in [-0.2, -0.15) is 0 Å². The minimum atomic E-state index is -0.951. The van der Waals surface area contributed by atoms with Gasteiger partial charge in [0, 0.05) is 12.1 Å². The molecule has 0 radical (unpaired) electrons. The van der Waals surface area contributed by atoms with Crippen molar-refractivity contribution in [3.05, 3.63) is 63.7 Å². The molecule has 2 aromatic carbocycles. The molecule has 1 atom stereocenters. The third-order valence-corrected chi connectivity index (χ3v) is 4.15. The summed E-state index contributed by atoms with van der Waals surface area (Å²) in [7, 11) is 3.00. The molecule has 9 heteroatoms. The van der Waals surface area contributed by atoms with Crippen molar-refractivity contribution in [1.82, 2.24) is 4.90 Å². The highest BCUT2D eigenvalue weighted by atomic mass is 19.2. The molecular weight excluding hydrogens is 360 g/mol. The number of amides is 1. The van der Waals surface area contributed by atoms with Crippen molar-refractivity contribution in [2.45, 2.75) is 13.0 Å². The van der Waals surface area contributed by atoms with Crippen LogP contribution in [0.15, 0.2) is 36.4 Å². The molecular formula is C18H19F2N3O4. The number of nitrogens with one attached hydrogen (secondary N) is 1. The molecule has 2 rings (SSSR count). The molecule has 144 valence electrons. The van der Waals surface area contributed by atoms with E-state index in [2.05, 4.69) is 5.32 Å². The van der Waals surface area contributed by atoms with Gasteiger partial charge < -0.3 is 10.1 Å². The summed E-state index contributed by atoms with van der Waals surface area (Å²) in [5, 5.41) is 13.4. The Morgan fingerprint density at radius 1 is 1.26 bits per heavy atom. The molecule has 0 aliphatic carbocycles. The molecule has 0 saturated heterocycles. The van der Waals surface area contributed by atoms with Crippen molar-refractivity contribution in [2.75, 3.05) is 26.0 Å². The number of likely N-dealkylation sites (N-methyl/N-ethyl adjacent to an activating group) is 1. The Morgan fingerprint density at radius 3 is 2.56 bits per heavy atom. The topological polar surface area (TPSA) is 84.7 Å². The zero-order valence-electron chi connectivity index (χ0n) is 15.0. The SMILES string of the molecule is COc1cc([N+](=O)[O-])ccc1NC(=O)CN(C)[C@H](C)c1ccc(F)c(F)c1. The quantitative estimate of drug-likeness (QED) is 0.588. The van der Waals surface area contributed by atoms with E-state index in [1.165, 1.54) is 31.4 Å². The van der Waals surface area contributed by atoms with Crippen LogP contribution in [0.2, 0.25) is 0 Å². The molecule has 27 heavy (non-hydrogen) atoms. The van der Waals surface area contributed by atoms with Crippen LogP contribution in [0.3, 0.4) is 0 Å². The van der Waals surface area contributed by atoms with Crippen molar-refractivity contribution in [2.24, 2.45) is 0 Å². The number of carbonyl (C=O) groups excluding carboxylic acids is 1. The molecule has 0 aromatic heterocycles. The van der Waals surface area contributed by atoms with Crippen LogP contribution in [0.1, 0.15) is 18.5 Å². The lowest BCUT2D eigenvalue weighted by molar-refractivity contribution is -0.384. The second-order valence-corrected chi connectivity index (χ2v) is 5.95. The van der Waals surface area contributed by atoms with Gasteiger partial charge in [0.25, 0.3) is 5.69 Å². The number of benzene rings is 2. The van der Waals surface area contributed by atoms with E-state index < -0.39 is 16.6 Å². The highest BCUT2D eigenvalue weighted by Crippen LogP contribution is 2.29. The van der Waals surface area contributed by atoms with Gasteiger partial charge in [-0.15, -0.1) is 0 Å². The molecule has 0 saturated carbocycles. The van der Waals surface area contributed by atoms with Crippen LogP contribution in [0.4, 0.5) is 20.2 Å². The van der Waals surface area contributed by atoms with Gasteiger partial charge >= 0.3 is 0 Å². The number of non-ortho nitro benzene ring substituents is 1. The maximum atomic E-state index is 13.4. The number of rotatable bonds is 7. The predicted octanol–water partition coefficient (Wildman–Crippen LogP) is 3.51. The van der Waals surface area contributed by atoms with Crippen molar-refractivity contribution in [3.63, 3.8) is 0 Å². The summed E-state index contributed by atoms with van der Waals surface area (Å²) >= 11 is 0. The first-order chi connectivity index (χ1) is 12.7. The van der Waals surface area contributed by atoms with Gasteiger partial charge in [-0.25, -0.2) is 8.78 Å². The summed E-state index contributed by atoms with van der Waals surface area (Å²) in [5.41, 5.74) is 0.660. The maximum absolute atomic E-state index is 13.4. The molecule has 0 aliphatic rings. The van der Waals surface area contributed by atoms with Gasteiger partial charge in [0.2, 0.25) is 5.91 Å². The summed E-state index contributed by atoms with van der Waals surface area (Å²) in [4.78, 5) is 24.2. The largest absolute Gasteiger partial charge is 0.494 e. The van der Waals surface area contributed by atoms with Gasteiger partial charge in [-0.05, 0) is 37.7 Å². The molecule has 0 unspecified atom stereocenters. The van der Waals surface area contributed by atoms with Crippen LogP contribution in [0, 0.1) is 21.7 Å². The molecule has 1 N–H and O–H groups in total. The van der Waals surface area contributed by atoms with Crippen molar-refractivity contribution in [3.8, 4) is 5.75 Å². The monoisotopic (exact) mass is 379 g/mol. The fraction of sp³-hybridized carbons (Fsp3) is 0.278. The standard InChI is InChI=1S/C18H19F2N3O4/c1-11(12-4-6-14(19)15(20)8-12)22(2)10-18(24)21-16-7-5-13(23(25)26)9-17(16)27-3/h4-9,11H,10H2,1-3H3,(H,21,24)/t11-/m1/s1. The molecule has 0 fully saturated rings. The highest BCUT2D eigenvalue weighted by molar-refractivity contribution is 5.93. The van der Waals surface area contributed by atoms with Crippen molar-refractivity contribution < 1.29 is 23.2 Å². The number of nitrogens with zero attached hydrogens (tertiary/aromatic N) is 2. The average Bonchev–Trinajstić information content (AvgIpc) is 2.63. The summed E-state index contributed by atoms with van der Waals surface area (Å²) in [6, 6.07) is 7.09. The van der Waals surface area contributed by atoms with Gasteiger partial charge in [0.05, 0.1) is 30.3 Å². The van der Waals surface area contributed by atoms with E-state index in [1.807, 2.05) is 0 Å². The van der Waals surface area contributed by atoms with Gasteiger partial charge in [-0.3, -0.25) is 19.8 Å². The first kappa shape index (κ1) is 20.2. The van der Waals surface area contributed by atoms with Crippen LogP contribution in [-0.2, 0) is 4.79 Å². The normalized spacial score (nSPS) is 11.9. The number of carbonyl (C=O) groups is 1. The second-order valence-electron chi connectivity index (χ2n) is 5.95. The number of anilines is 1. The van der Waals surface area contributed by atoms with Gasteiger partial charge in [-0.1, -0.05) is 6.07 Å². The van der Waals surface area contributed by atoms with E-state index in [0.29, 0.717) is 11.3 Å². The molecule has 2 aromatic rings. The molecule has 7 nitrogen and oxygen atoms in total. The molecule has 0 aliphatic heterocycles. The Morgan fingerprint density at radius 2 is 1.96 bits per heavy atom. The van der Waals surface area contributed by atoms with Crippen molar-refractivity contribution in [1.29, 1.82) is 0 Å². The van der Waals surface area contributed by atoms with Crippen LogP contribution >= 0.6 is 0 Å². The zero-order chi connectivity index (χ0) is 20.1. The number of ether oxygens (including phenoxy) is 1. The van der Waals surface area contributed by atoms with Crippen LogP contribution in [0.5, 0.6) is 5.75 Å². The predicted molar refractivity (Wildman–Crippen MR) is 95.7 cm³/mol. The lowest BCUT2D eigenvalue weighted by Gasteiger charge is -2.24. The minimum Gasteiger partial charge on any atom is -0.494 e. The van der Waals surface area contributed by atoms with E-state index in [0.717, 1.165) is 12.1 Å². The number of halogens is 2. The molecule has 0 spiro atoms. The van der Waals surface area contributed by atoms with Crippen LogP contribution in [-0.4, -0.2) is 36.4 Å². The highest BCUT2D eigenvalue weighted by Gasteiger charge is 2.18. The van der Waals surface area contributed by atoms with Crippen LogP contribution in [0.25, 0.3) is 0 Å². The number of nitro benzene ring substituents is 1. The van der Waals surface area contributed by atoms with E-state index in [4.69, 9.17) is 4.74 Å². The fourth-order valence-electron chi connectivity index (χ4n) is 2.48. The Bertz CT molecular complexity index is 860. The zero-order valence-corrected chi connectivity index (χ0v) is 15.0. The third-order valence-electron chi connectivity index (χ3n) is 4.15. The van der Waals surface area contributed by atoms with Gasteiger partial charge in [0.15, 0.2) is 11.6 Å². The lowest BCUT2D eigenvalue weighted by Crippen LogP contribution is -2.32. The number of nitro groups is 1. The van der Waals surface area contributed by atoms with Crippen molar-refractivity contribution >= 4 is 17.3 Å². The Labute approximate surface area is 154 Å². The van der Waals surface area contributed by atoms with E-state index in [9.17, 15) is 23.7 Å². The number of hydrogen-bond donors (Lipinski definition) is 1. The second kappa shape index (κ2) is 8.54. The van der Waals surface area contributed by atoms with Crippen LogP contribution < -0.4 is 10.1 Å². The average molecular weight is 379 g/mol. The summed E-state index contributed by atoms with van der Waals surface area (Å²) in [6.07, 6.45) is 0. The van der Waals surface area contributed by atoms with E-state index in [-0.39, 0.29) is 29.9 Å². The minimum absolute atomic E-state index is 0.0414.